The fourth-order valence-electron chi connectivity index (χ4n) is 3.61. The van der Waals surface area contributed by atoms with E-state index >= 15 is 0 Å². The Hall–Kier alpha value is -0.610. The molecule has 4 nitrogen and oxygen atoms in total. The van der Waals surface area contributed by atoms with Gasteiger partial charge in [-0.2, -0.15) is 0 Å². The molecule has 2 atom stereocenters. The summed E-state index contributed by atoms with van der Waals surface area (Å²) in [4.78, 5) is 12.9. The fourth-order valence-corrected chi connectivity index (χ4v) is 3.61. The Morgan fingerprint density at radius 1 is 0.960 bits per heavy atom. The van der Waals surface area contributed by atoms with Gasteiger partial charge in [0, 0.05) is 6.42 Å². The molecule has 25 heavy (non-hydrogen) atoms. The third-order valence-electron chi connectivity index (χ3n) is 4.77. The van der Waals surface area contributed by atoms with E-state index in [0.29, 0.717) is 25.2 Å². The summed E-state index contributed by atoms with van der Waals surface area (Å²) in [6.07, 6.45) is 3.86. The van der Waals surface area contributed by atoms with E-state index in [1.54, 1.807) is 27.7 Å². The predicted octanol–water partition coefficient (Wildman–Crippen LogP) is 4.85. The van der Waals surface area contributed by atoms with Gasteiger partial charge in [0.15, 0.2) is 0 Å². The van der Waals surface area contributed by atoms with Gasteiger partial charge >= 0.3 is 5.97 Å². The Morgan fingerprint density at radius 2 is 1.48 bits per heavy atom. The van der Waals surface area contributed by atoms with Gasteiger partial charge < -0.3 is 14.9 Å². The van der Waals surface area contributed by atoms with E-state index in [2.05, 4.69) is 13.8 Å². The summed E-state index contributed by atoms with van der Waals surface area (Å²) in [6, 6.07) is 0. The molecule has 0 aromatic carbocycles. The van der Waals surface area contributed by atoms with Crippen LogP contribution in [0.5, 0.6) is 0 Å². The summed E-state index contributed by atoms with van der Waals surface area (Å²) in [5.41, 5.74) is -2.92. The lowest BCUT2D eigenvalue weighted by atomic mass is 9.79. The lowest BCUT2D eigenvalue weighted by Gasteiger charge is -2.38. The van der Waals surface area contributed by atoms with Gasteiger partial charge in [0.25, 0.3) is 0 Å². The molecule has 150 valence electrons. The van der Waals surface area contributed by atoms with E-state index in [1.165, 1.54) is 0 Å². The maximum Gasteiger partial charge on any atom is 0.312 e. The molecule has 0 amide bonds. The van der Waals surface area contributed by atoms with Crippen molar-refractivity contribution in [3.63, 3.8) is 0 Å². The molecule has 0 aromatic heterocycles. The third-order valence-corrected chi connectivity index (χ3v) is 4.77. The zero-order valence-corrected chi connectivity index (χ0v) is 18.0. The number of carbonyl (C=O) groups is 1. The molecule has 2 unspecified atom stereocenters. The minimum atomic E-state index is -0.926. The highest BCUT2D eigenvalue weighted by atomic mass is 16.6. The van der Waals surface area contributed by atoms with Crippen molar-refractivity contribution < 1.29 is 19.7 Å². The highest BCUT2D eigenvalue weighted by Gasteiger charge is 2.41. The van der Waals surface area contributed by atoms with Gasteiger partial charge in [-0.25, -0.2) is 0 Å². The van der Waals surface area contributed by atoms with Gasteiger partial charge in [-0.15, -0.1) is 0 Å². The van der Waals surface area contributed by atoms with E-state index in [9.17, 15) is 15.0 Å². The maximum atomic E-state index is 12.9. The average Bonchev–Trinajstić information content (AvgIpc) is 2.33. The molecule has 0 saturated heterocycles. The number of rotatable bonds is 11. The first-order valence-electron chi connectivity index (χ1n) is 9.70. The van der Waals surface area contributed by atoms with Crippen molar-refractivity contribution in [1.82, 2.24) is 0 Å². The average molecular weight is 359 g/mol. The summed E-state index contributed by atoms with van der Waals surface area (Å²) in [7, 11) is 0. The first-order valence-corrected chi connectivity index (χ1v) is 9.70. The molecule has 0 aliphatic rings. The predicted molar refractivity (Wildman–Crippen MR) is 103 cm³/mol. The Bertz CT molecular complexity index is 417. The summed E-state index contributed by atoms with van der Waals surface area (Å²) in [6.45, 7) is 17.2. The van der Waals surface area contributed by atoms with Gasteiger partial charge in [-0.05, 0) is 79.6 Å². The molecule has 2 N–H and O–H groups in total. The third kappa shape index (κ3) is 10.2. The van der Waals surface area contributed by atoms with Crippen molar-refractivity contribution >= 4 is 5.97 Å². The Kier molecular flexibility index (Phi) is 8.64. The topological polar surface area (TPSA) is 66.8 Å². The second-order valence-corrected chi connectivity index (χ2v) is 10.0. The molecule has 0 heterocycles. The summed E-state index contributed by atoms with van der Waals surface area (Å²) >= 11 is 0. The second-order valence-electron chi connectivity index (χ2n) is 10.0. The molecular formula is C21H42O4. The van der Waals surface area contributed by atoms with Crippen molar-refractivity contribution in [3.8, 4) is 0 Å². The van der Waals surface area contributed by atoms with Gasteiger partial charge in [-0.3, -0.25) is 4.79 Å². The zero-order valence-electron chi connectivity index (χ0n) is 18.0. The first-order chi connectivity index (χ1) is 11.0. The number of carbonyl (C=O) groups excluding carboxylic acids is 1. The molecule has 0 radical (unpaired) electrons. The first kappa shape index (κ1) is 24.4. The van der Waals surface area contributed by atoms with Crippen LogP contribution in [0.4, 0.5) is 0 Å². The van der Waals surface area contributed by atoms with E-state index in [1.807, 2.05) is 20.8 Å². The lowest BCUT2D eigenvalue weighted by Crippen LogP contribution is -2.43. The number of ether oxygens (including phenoxy) is 1. The molecule has 0 aliphatic heterocycles. The van der Waals surface area contributed by atoms with E-state index in [4.69, 9.17) is 4.74 Å². The smallest absolute Gasteiger partial charge is 0.312 e. The largest absolute Gasteiger partial charge is 0.459 e. The summed E-state index contributed by atoms with van der Waals surface area (Å²) < 4.78 is 6.01. The van der Waals surface area contributed by atoms with Crippen LogP contribution in [0, 0.1) is 11.3 Å². The Morgan fingerprint density at radius 3 is 1.84 bits per heavy atom. The molecule has 4 heteroatoms. The minimum Gasteiger partial charge on any atom is -0.459 e. The van der Waals surface area contributed by atoms with Gasteiger partial charge in [0.1, 0.15) is 5.60 Å². The fraction of sp³-hybridized carbons (Fsp3) is 0.952. The number of aliphatic hydroxyl groups is 2. The van der Waals surface area contributed by atoms with Crippen LogP contribution in [0.15, 0.2) is 0 Å². The van der Waals surface area contributed by atoms with Crippen molar-refractivity contribution in [2.24, 2.45) is 11.3 Å². The zero-order chi connectivity index (χ0) is 20.1. The molecule has 0 aliphatic carbocycles. The van der Waals surface area contributed by atoms with Crippen LogP contribution in [0.2, 0.25) is 0 Å². The van der Waals surface area contributed by atoms with Crippen molar-refractivity contribution in [2.75, 3.05) is 0 Å². The van der Waals surface area contributed by atoms with Crippen LogP contribution < -0.4 is 0 Å². The van der Waals surface area contributed by atoms with Gasteiger partial charge in [0.05, 0.1) is 16.6 Å². The van der Waals surface area contributed by atoms with Crippen molar-refractivity contribution in [2.45, 2.75) is 118 Å². The number of esters is 1. The minimum absolute atomic E-state index is 0.182. The number of hydrogen-bond donors (Lipinski definition) is 2. The highest BCUT2D eigenvalue weighted by Crippen LogP contribution is 2.37. The second kappa shape index (κ2) is 8.85. The monoisotopic (exact) mass is 358 g/mol. The highest BCUT2D eigenvalue weighted by molar-refractivity contribution is 5.76. The van der Waals surface area contributed by atoms with Crippen LogP contribution in [-0.2, 0) is 9.53 Å². The van der Waals surface area contributed by atoms with E-state index in [-0.39, 0.29) is 5.97 Å². The SMILES string of the molecule is CCC(C)(CC(C)C)C(=O)OC(C)(CCCC(C)(C)O)CC(C)(C)O. The summed E-state index contributed by atoms with van der Waals surface area (Å²) in [5.74, 6) is 0.229. The van der Waals surface area contributed by atoms with E-state index in [0.717, 1.165) is 19.3 Å². The molecule has 0 spiro atoms. The maximum absolute atomic E-state index is 12.9. The van der Waals surface area contributed by atoms with Crippen LogP contribution in [-0.4, -0.2) is 33.0 Å². The lowest BCUT2D eigenvalue weighted by molar-refractivity contribution is -0.177. The number of hydrogen-bond acceptors (Lipinski definition) is 4. The normalized spacial score (nSPS) is 17.9. The quantitative estimate of drug-likeness (QED) is 0.518. The molecule has 0 saturated carbocycles. The van der Waals surface area contributed by atoms with Crippen LogP contribution in [0.1, 0.15) is 101 Å². The Balaban J connectivity index is 5.24. The van der Waals surface area contributed by atoms with Crippen molar-refractivity contribution in [1.29, 1.82) is 0 Å². The summed E-state index contributed by atoms with van der Waals surface area (Å²) in [5, 5.41) is 20.2. The van der Waals surface area contributed by atoms with Crippen LogP contribution >= 0.6 is 0 Å². The standard InChI is InChI=1S/C21H42O4/c1-10-20(8,14-16(2)3)17(22)25-21(9,15-19(6,7)24)13-11-12-18(4,5)23/h16,23-24H,10-15H2,1-9H3. The van der Waals surface area contributed by atoms with Crippen LogP contribution in [0.3, 0.4) is 0 Å². The molecule has 0 rings (SSSR count). The molecule has 0 aromatic rings. The molecular weight excluding hydrogens is 316 g/mol. The molecule has 0 fully saturated rings. The van der Waals surface area contributed by atoms with E-state index < -0.39 is 22.2 Å². The van der Waals surface area contributed by atoms with Crippen molar-refractivity contribution in [3.05, 3.63) is 0 Å². The van der Waals surface area contributed by atoms with Gasteiger partial charge in [0.2, 0.25) is 0 Å². The Labute approximate surface area is 155 Å². The van der Waals surface area contributed by atoms with Gasteiger partial charge in [-0.1, -0.05) is 20.8 Å². The van der Waals surface area contributed by atoms with Crippen LogP contribution in [0.25, 0.3) is 0 Å². The molecule has 0 bridgehead atoms.